The van der Waals surface area contributed by atoms with Crippen molar-refractivity contribution in [2.24, 2.45) is 0 Å². The molecule has 0 aliphatic heterocycles. The number of benzene rings is 6. The molecule has 0 bridgehead atoms. The summed E-state index contributed by atoms with van der Waals surface area (Å²) < 4.78 is 2.23. The first kappa shape index (κ1) is 41.6. The molecule has 0 spiro atoms. The number of rotatable bonds is 6. The van der Waals surface area contributed by atoms with Crippen LogP contribution in [0.3, 0.4) is 0 Å². The Morgan fingerprint density at radius 2 is 1.14 bits per heavy atom. The molecule has 6 aromatic carbocycles. The van der Waals surface area contributed by atoms with Crippen molar-refractivity contribution in [2.75, 3.05) is 0 Å². The summed E-state index contributed by atoms with van der Waals surface area (Å²) in [6.07, 6.45) is 1.88. The number of nitrogens with zero attached hydrogens (tertiary/aromatic N) is 3. The number of imidazole rings is 1. The van der Waals surface area contributed by atoms with Crippen LogP contribution in [0.4, 0.5) is 0 Å². The Labute approximate surface area is 364 Å². The second-order valence-electron chi connectivity index (χ2n) is 18.5. The first-order chi connectivity index (χ1) is 27.6. The third kappa shape index (κ3) is 8.34. The number of para-hydroxylation sites is 2. The molecular formula is C54H52N3OPt-. The Morgan fingerprint density at radius 1 is 0.508 bits per heavy atom. The molecule has 8 aromatic rings. The third-order valence-electron chi connectivity index (χ3n) is 11.2. The number of hydrogen-bond donors (Lipinski definition) is 1. The van der Waals surface area contributed by atoms with Crippen molar-refractivity contribution >= 4 is 11.0 Å². The van der Waals surface area contributed by atoms with E-state index in [1.807, 2.05) is 30.5 Å². The van der Waals surface area contributed by atoms with Gasteiger partial charge in [-0.05, 0) is 80.5 Å². The van der Waals surface area contributed by atoms with E-state index in [9.17, 15) is 5.11 Å². The van der Waals surface area contributed by atoms with E-state index in [0.29, 0.717) is 11.4 Å². The standard InChI is InChI=1S/C54H52N3O.Pt/c1-52(2,3)40-24-22-36(23-25-40)45-34-41(53(4,5)6)26-27-47(45)57-48-20-15-19-43(50(48)56-51(57)44-18-13-14-21-49(44)58)38-30-39(32-42(31-38)54(7,8)9)46-33-37(28-29-55-46)35-16-11-10-12-17-35;/h10-29,31-34,58H,1-9H3;/q-1;. The first-order valence-electron chi connectivity index (χ1n) is 20.2. The van der Waals surface area contributed by atoms with Gasteiger partial charge < -0.3 is 5.11 Å². The van der Waals surface area contributed by atoms with Gasteiger partial charge in [-0.1, -0.05) is 164 Å². The topological polar surface area (TPSA) is 50.9 Å². The van der Waals surface area contributed by atoms with Gasteiger partial charge in [0.05, 0.1) is 22.3 Å². The van der Waals surface area contributed by atoms with Crippen molar-refractivity contribution < 1.29 is 26.2 Å². The van der Waals surface area contributed by atoms with Crippen LogP contribution in [0.15, 0.2) is 146 Å². The van der Waals surface area contributed by atoms with Crippen LogP contribution in [0.1, 0.15) is 79.0 Å². The molecule has 0 atom stereocenters. The molecule has 0 aliphatic rings. The number of phenolic OH excluding ortho intramolecular Hbond substituents is 1. The Balaban J connectivity index is 0.00000528. The predicted molar refractivity (Wildman–Crippen MR) is 243 cm³/mol. The molecule has 0 radical (unpaired) electrons. The summed E-state index contributed by atoms with van der Waals surface area (Å²) in [4.78, 5) is 10.3. The molecule has 59 heavy (non-hydrogen) atoms. The van der Waals surface area contributed by atoms with Crippen LogP contribution in [-0.2, 0) is 37.3 Å². The molecule has 4 nitrogen and oxygen atoms in total. The van der Waals surface area contributed by atoms with Crippen molar-refractivity contribution in [3.8, 4) is 67.5 Å². The van der Waals surface area contributed by atoms with Gasteiger partial charge in [-0.2, -0.15) is 0 Å². The molecule has 0 aliphatic carbocycles. The van der Waals surface area contributed by atoms with E-state index < -0.39 is 0 Å². The Hall–Kier alpha value is -5.57. The van der Waals surface area contributed by atoms with Gasteiger partial charge in [0.25, 0.3) is 0 Å². The Bertz CT molecular complexity index is 2780. The van der Waals surface area contributed by atoms with Gasteiger partial charge in [0.15, 0.2) is 0 Å². The summed E-state index contributed by atoms with van der Waals surface area (Å²) in [7, 11) is 0. The fourth-order valence-electron chi connectivity index (χ4n) is 7.66. The van der Waals surface area contributed by atoms with E-state index >= 15 is 0 Å². The number of hydrogen-bond acceptors (Lipinski definition) is 3. The number of phenols is 1. The van der Waals surface area contributed by atoms with Crippen molar-refractivity contribution in [1.82, 2.24) is 14.5 Å². The number of fused-ring (bicyclic) bond motifs is 1. The maximum atomic E-state index is 11.4. The van der Waals surface area contributed by atoms with Gasteiger partial charge in [-0.3, -0.25) is 9.55 Å². The number of aromatic hydroxyl groups is 1. The normalized spacial score (nSPS) is 12.1. The minimum atomic E-state index is -0.143. The van der Waals surface area contributed by atoms with Crippen LogP contribution >= 0.6 is 0 Å². The monoisotopic (exact) mass is 953 g/mol. The summed E-state index contributed by atoms with van der Waals surface area (Å²) in [6, 6.07) is 52.5. The second kappa shape index (κ2) is 15.9. The van der Waals surface area contributed by atoms with Crippen molar-refractivity contribution in [2.45, 2.75) is 78.6 Å². The minimum absolute atomic E-state index is 0. The number of aromatic nitrogens is 3. The summed E-state index contributed by atoms with van der Waals surface area (Å²) >= 11 is 0. The van der Waals surface area contributed by atoms with Crippen molar-refractivity contribution in [1.29, 1.82) is 0 Å². The molecule has 0 saturated heterocycles. The van der Waals surface area contributed by atoms with Gasteiger partial charge in [0.2, 0.25) is 0 Å². The molecular weight excluding hydrogens is 902 g/mol. The molecule has 1 N–H and O–H groups in total. The van der Waals surface area contributed by atoms with E-state index in [0.717, 1.165) is 61.4 Å². The smallest absolute Gasteiger partial charge is 0.148 e. The summed E-state index contributed by atoms with van der Waals surface area (Å²) in [6.45, 7) is 20.2. The van der Waals surface area contributed by atoms with E-state index in [-0.39, 0.29) is 43.1 Å². The number of pyridine rings is 1. The van der Waals surface area contributed by atoms with E-state index in [1.165, 1.54) is 16.7 Å². The summed E-state index contributed by atoms with van der Waals surface area (Å²) in [5.74, 6) is 0.844. The van der Waals surface area contributed by atoms with Crippen LogP contribution < -0.4 is 0 Å². The third-order valence-corrected chi connectivity index (χ3v) is 11.2. The second-order valence-corrected chi connectivity index (χ2v) is 18.5. The van der Waals surface area contributed by atoms with Crippen LogP contribution in [0.2, 0.25) is 0 Å². The Morgan fingerprint density at radius 3 is 1.81 bits per heavy atom. The van der Waals surface area contributed by atoms with E-state index in [2.05, 4.69) is 182 Å². The molecule has 0 saturated carbocycles. The zero-order valence-corrected chi connectivity index (χ0v) is 37.7. The maximum absolute atomic E-state index is 11.4. The molecule has 8 rings (SSSR count). The average Bonchev–Trinajstić information content (AvgIpc) is 3.59. The molecule has 2 aromatic heterocycles. The first-order valence-corrected chi connectivity index (χ1v) is 20.2. The minimum Gasteiger partial charge on any atom is -0.507 e. The van der Waals surface area contributed by atoms with Crippen LogP contribution in [-0.4, -0.2) is 19.6 Å². The van der Waals surface area contributed by atoms with Gasteiger partial charge in [0, 0.05) is 38.5 Å². The summed E-state index contributed by atoms with van der Waals surface area (Å²) in [5, 5.41) is 11.4. The van der Waals surface area contributed by atoms with Gasteiger partial charge in [-0.25, -0.2) is 4.98 Å². The maximum Gasteiger partial charge on any atom is 0.148 e. The molecule has 300 valence electrons. The fraction of sp³-hybridized carbons (Fsp3) is 0.222. The van der Waals surface area contributed by atoms with Crippen LogP contribution in [0.5, 0.6) is 5.75 Å². The van der Waals surface area contributed by atoms with Crippen molar-refractivity contribution in [3.05, 3.63) is 168 Å². The predicted octanol–water partition coefficient (Wildman–Crippen LogP) is 14.2. The Kier molecular flexibility index (Phi) is 11.2. The summed E-state index contributed by atoms with van der Waals surface area (Å²) in [5.41, 5.74) is 15.1. The van der Waals surface area contributed by atoms with Crippen molar-refractivity contribution in [3.63, 3.8) is 0 Å². The average molecular weight is 954 g/mol. The molecule has 0 amide bonds. The van der Waals surface area contributed by atoms with Gasteiger partial charge in [0.1, 0.15) is 11.6 Å². The quantitative estimate of drug-likeness (QED) is 0.169. The van der Waals surface area contributed by atoms with Gasteiger partial charge >= 0.3 is 0 Å². The van der Waals surface area contributed by atoms with Crippen LogP contribution in [0, 0.1) is 6.07 Å². The molecule has 5 heteroatoms. The molecule has 0 unspecified atom stereocenters. The van der Waals surface area contributed by atoms with E-state index in [4.69, 9.17) is 9.97 Å². The fourth-order valence-corrected chi connectivity index (χ4v) is 7.66. The van der Waals surface area contributed by atoms with Crippen LogP contribution in [0.25, 0.3) is 72.7 Å². The van der Waals surface area contributed by atoms with E-state index in [1.54, 1.807) is 6.07 Å². The zero-order valence-electron chi connectivity index (χ0n) is 35.5. The van der Waals surface area contributed by atoms with Gasteiger partial charge in [-0.15, -0.1) is 29.3 Å². The largest absolute Gasteiger partial charge is 0.507 e. The molecule has 2 heterocycles. The SMILES string of the molecule is CC(C)(C)c1ccc(-c2cc(C(C)(C)C)ccc2-n2c(-c3ccccc3O)nc3c(-c4[c-]c(-c5cc(-c6ccccc6)ccn5)cc(C(C)(C)C)c4)cccc32)cc1.[Pt]. The zero-order chi connectivity index (χ0) is 41.0. The molecule has 0 fully saturated rings.